The van der Waals surface area contributed by atoms with Crippen LogP contribution in [-0.2, 0) is 9.53 Å². The van der Waals surface area contributed by atoms with Gasteiger partial charge in [0.1, 0.15) is 0 Å². The van der Waals surface area contributed by atoms with Gasteiger partial charge < -0.3 is 15.2 Å². The van der Waals surface area contributed by atoms with Gasteiger partial charge in [0.2, 0.25) is 0 Å². The molecule has 1 saturated heterocycles. The molecule has 0 bridgehead atoms. The van der Waals surface area contributed by atoms with Gasteiger partial charge in [-0.3, -0.25) is 4.79 Å². The maximum Gasteiger partial charge on any atom is 0.306 e. The fourth-order valence-electron chi connectivity index (χ4n) is 3.31. The molecule has 25 heavy (non-hydrogen) atoms. The van der Waals surface area contributed by atoms with Crippen LogP contribution in [0.4, 0.5) is 0 Å². The second-order valence-corrected chi connectivity index (χ2v) is 6.55. The largest absolute Gasteiger partial charge is 0.453 e. The molecule has 0 amide bonds. The van der Waals surface area contributed by atoms with E-state index in [2.05, 4.69) is 5.32 Å². The molecule has 4 nitrogen and oxygen atoms in total. The van der Waals surface area contributed by atoms with E-state index in [4.69, 9.17) is 4.74 Å². The summed E-state index contributed by atoms with van der Waals surface area (Å²) in [6.45, 7) is 1.50. The smallest absolute Gasteiger partial charge is 0.306 e. The SMILES string of the molecule is O=C(CC[C@@H]1CCNC[C@@H]1O)OC(c1ccccc1)c1ccccc1. The first kappa shape index (κ1) is 17.6. The number of carbonyl (C=O) groups is 1. The zero-order valence-corrected chi connectivity index (χ0v) is 14.3. The molecule has 0 unspecified atom stereocenters. The highest BCUT2D eigenvalue weighted by Gasteiger charge is 2.25. The molecule has 3 rings (SSSR count). The fourth-order valence-corrected chi connectivity index (χ4v) is 3.31. The summed E-state index contributed by atoms with van der Waals surface area (Å²) in [5, 5.41) is 13.2. The first-order chi connectivity index (χ1) is 12.2. The topological polar surface area (TPSA) is 58.6 Å². The number of β-amino-alcohol motifs (C(OH)–C–C–N with tert-alkyl or cyclic N) is 1. The van der Waals surface area contributed by atoms with Crippen molar-refractivity contribution in [2.75, 3.05) is 13.1 Å². The monoisotopic (exact) mass is 339 g/mol. The van der Waals surface area contributed by atoms with E-state index >= 15 is 0 Å². The number of carbonyl (C=O) groups excluding carboxylic acids is 1. The molecule has 4 heteroatoms. The number of ether oxygens (including phenoxy) is 1. The van der Waals surface area contributed by atoms with Crippen molar-refractivity contribution >= 4 is 5.97 Å². The predicted octanol–water partition coefficient (Wildman–Crippen LogP) is 3.07. The molecule has 1 fully saturated rings. The molecule has 132 valence electrons. The molecule has 1 aliphatic heterocycles. The lowest BCUT2D eigenvalue weighted by molar-refractivity contribution is -0.148. The first-order valence-electron chi connectivity index (χ1n) is 8.92. The minimum atomic E-state index is -0.396. The third-order valence-electron chi connectivity index (χ3n) is 4.76. The van der Waals surface area contributed by atoms with Crippen LogP contribution in [0.25, 0.3) is 0 Å². The van der Waals surface area contributed by atoms with Gasteiger partial charge in [0.25, 0.3) is 0 Å². The van der Waals surface area contributed by atoms with Crippen molar-refractivity contribution in [3.05, 3.63) is 71.8 Å². The number of hydrogen-bond donors (Lipinski definition) is 2. The average Bonchev–Trinajstić information content (AvgIpc) is 2.67. The number of esters is 1. The van der Waals surface area contributed by atoms with Crippen molar-refractivity contribution in [1.29, 1.82) is 0 Å². The van der Waals surface area contributed by atoms with Gasteiger partial charge in [-0.05, 0) is 36.4 Å². The number of aliphatic hydroxyl groups is 1. The highest BCUT2D eigenvalue weighted by atomic mass is 16.5. The standard InChI is InChI=1S/C21H25NO3/c23-19-15-22-14-13-16(19)11-12-20(24)25-21(17-7-3-1-4-8-17)18-9-5-2-6-10-18/h1-10,16,19,21-23H,11-15H2/t16-,19+/m1/s1. The van der Waals surface area contributed by atoms with Crippen molar-refractivity contribution in [2.24, 2.45) is 5.92 Å². The van der Waals surface area contributed by atoms with Crippen LogP contribution in [0.3, 0.4) is 0 Å². The molecule has 0 aromatic heterocycles. The van der Waals surface area contributed by atoms with Crippen LogP contribution in [0.5, 0.6) is 0 Å². The van der Waals surface area contributed by atoms with E-state index in [0.717, 1.165) is 24.1 Å². The van der Waals surface area contributed by atoms with Gasteiger partial charge in [-0.2, -0.15) is 0 Å². The van der Waals surface area contributed by atoms with E-state index in [1.807, 2.05) is 60.7 Å². The van der Waals surface area contributed by atoms with Gasteiger partial charge >= 0.3 is 5.97 Å². The van der Waals surface area contributed by atoms with Crippen LogP contribution in [0, 0.1) is 5.92 Å². The molecule has 0 saturated carbocycles. The summed E-state index contributed by atoms with van der Waals surface area (Å²) in [4.78, 5) is 12.4. The Bertz CT molecular complexity index is 620. The second-order valence-electron chi connectivity index (χ2n) is 6.55. The van der Waals surface area contributed by atoms with Gasteiger partial charge in [-0.25, -0.2) is 0 Å². The molecule has 1 aliphatic rings. The van der Waals surface area contributed by atoms with Gasteiger partial charge in [0, 0.05) is 13.0 Å². The third-order valence-corrected chi connectivity index (χ3v) is 4.76. The van der Waals surface area contributed by atoms with Gasteiger partial charge in [-0.15, -0.1) is 0 Å². The van der Waals surface area contributed by atoms with Gasteiger partial charge in [0.05, 0.1) is 6.10 Å². The highest BCUT2D eigenvalue weighted by Crippen LogP contribution is 2.27. The fraction of sp³-hybridized carbons (Fsp3) is 0.381. The molecule has 2 atom stereocenters. The Morgan fingerprint density at radius 2 is 1.68 bits per heavy atom. The summed E-state index contributed by atoms with van der Waals surface area (Å²) in [6.07, 6.45) is 1.12. The maximum absolute atomic E-state index is 12.4. The Labute approximate surface area is 148 Å². The molecule has 0 radical (unpaired) electrons. The molecule has 2 aromatic carbocycles. The summed E-state index contributed by atoms with van der Waals surface area (Å²) in [5.41, 5.74) is 1.92. The average molecular weight is 339 g/mol. The van der Waals surface area contributed by atoms with Gasteiger partial charge in [0.15, 0.2) is 6.10 Å². The summed E-state index contributed by atoms with van der Waals surface area (Å²) in [6, 6.07) is 19.6. The highest BCUT2D eigenvalue weighted by molar-refractivity contribution is 5.70. The number of rotatable bonds is 6. The Morgan fingerprint density at radius 1 is 1.08 bits per heavy atom. The van der Waals surface area contributed by atoms with Gasteiger partial charge in [-0.1, -0.05) is 60.7 Å². The Hall–Kier alpha value is -2.17. The molecular formula is C21H25NO3. The minimum absolute atomic E-state index is 0.167. The van der Waals surface area contributed by atoms with E-state index in [9.17, 15) is 9.90 Å². The summed E-state index contributed by atoms with van der Waals surface area (Å²) in [7, 11) is 0. The normalized spacial score (nSPS) is 20.4. The predicted molar refractivity (Wildman–Crippen MR) is 97.0 cm³/mol. The van der Waals surface area contributed by atoms with Crippen molar-refractivity contribution in [1.82, 2.24) is 5.32 Å². The van der Waals surface area contributed by atoms with E-state index in [0.29, 0.717) is 19.4 Å². The quantitative estimate of drug-likeness (QED) is 0.794. The van der Waals surface area contributed by atoms with E-state index in [1.165, 1.54) is 0 Å². The van der Waals surface area contributed by atoms with Crippen molar-refractivity contribution < 1.29 is 14.6 Å². The second kappa shape index (κ2) is 8.79. The number of aliphatic hydroxyl groups excluding tert-OH is 1. The molecule has 0 aliphatic carbocycles. The minimum Gasteiger partial charge on any atom is -0.453 e. The Balaban J connectivity index is 1.65. The Morgan fingerprint density at radius 3 is 2.24 bits per heavy atom. The molecular weight excluding hydrogens is 314 g/mol. The summed E-state index contributed by atoms with van der Waals surface area (Å²) < 4.78 is 5.81. The number of piperidine rings is 1. The summed E-state index contributed by atoms with van der Waals surface area (Å²) in [5.74, 6) is -0.0517. The van der Waals surface area contributed by atoms with Crippen molar-refractivity contribution in [2.45, 2.75) is 31.5 Å². The van der Waals surface area contributed by atoms with Crippen LogP contribution >= 0.6 is 0 Å². The molecule has 1 heterocycles. The van der Waals surface area contributed by atoms with E-state index < -0.39 is 6.10 Å². The van der Waals surface area contributed by atoms with Crippen LogP contribution in [0.15, 0.2) is 60.7 Å². The molecule has 2 N–H and O–H groups in total. The lowest BCUT2D eigenvalue weighted by Crippen LogP contribution is -2.40. The van der Waals surface area contributed by atoms with E-state index in [-0.39, 0.29) is 18.0 Å². The number of hydrogen-bond acceptors (Lipinski definition) is 4. The third kappa shape index (κ3) is 4.91. The lowest BCUT2D eigenvalue weighted by Gasteiger charge is -2.28. The number of nitrogens with one attached hydrogen (secondary N) is 1. The zero-order valence-electron chi connectivity index (χ0n) is 14.3. The Kier molecular flexibility index (Phi) is 6.20. The lowest BCUT2D eigenvalue weighted by atomic mass is 9.90. The molecule has 2 aromatic rings. The molecule has 0 spiro atoms. The zero-order chi connectivity index (χ0) is 17.5. The van der Waals surface area contributed by atoms with E-state index in [1.54, 1.807) is 0 Å². The maximum atomic E-state index is 12.4. The van der Waals surface area contributed by atoms with Crippen LogP contribution in [0.1, 0.15) is 36.5 Å². The van der Waals surface area contributed by atoms with Crippen LogP contribution in [0.2, 0.25) is 0 Å². The summed E-state index contributed by atoms with van der Waals surface area (Å²) >= 11 is 0. The van der Waals surface area contributed by atoms with Crippen molar-refractivity contribution in [3.63, 3.8) is 0 Å². The first-order valence-corrected chi connectivity index (χ1v) is 8.92. The van der Waals surface area contributed by atoms with Crippen molar-refractivity contribution in [3.8, 4) is 0 Å². The number of benzene rings is 2. The van der Waals surface area contributed by atoms with Crippen LogP contribution in [-0.4, -0.2) is 30.3 Å². The van der Waals surface area contributed by atoms with Crippen LogP contribution < -0.4 is 5.32 Å².